The zero-order chi connectivity index (χ0) is 20.5. The van der Waals surface area contributed by atoms with Crippen molar-refractivity contribution in [1.29, 1.82) is 0 Å². The van der Waals surface area contributed by atoms with Gasteiger partial charge in [0.15, 0.2) is 11.7 Å². The number of carboxylic acids is 1. The first-order valence-corrected chi connectivity index (χ1v) is 8.31. The molecule has 0 atom stereocenters. The van der Waals surface area contributed by atoms with Crippen LogP contribution >= 0.6 is 11.6 Å². The molecule has 0 radical (unpaired) electrons. The average Bonchev–Trinajstić information content (AvgIpc) is 3.06. The SMILES string of the molecule is Cc1ncc(-c2ccc(COc3ccc(C(F)(F)F)cc3Cl)c(C(=O)O)c2)o1. The monoisotopic (exact) mass is 411 g/mol. The number of nitrogens with zero attached hydrogens (tertiary/aromatic N) is 1. The molecule has 0 aliphatic carbocycles. The second-order valence-corrected chi connectivity index (χ2v) is 6.26. The predicted octanol–water partition coefficient (Wildman–Crippen LogP) is 5.60. The van der Waals surface area contributed by atoms with E-state index in [1.165, 1.54) is 18.3 Å². The number of aromatic carboxylic acids is 1. The van der Waals surface area contributed by atoms with Gasteiger partial charge in [0, 0.05) is 18.1 Å². The van der Waals surface area contributed by atoms with E-state index in [4.69, 9.17) is 20.8 Å². The quantitative estimate of drug-likeness (QED) is 0.591. The van der Waals surface area contributed by atoms with Crippen molar-refractivity contribution < 1.29 is 32.2 Å². The zero-order valence-electron chi connectivity index (χ0n) is 14.4. The van der Waals surface area contributed by atoms with Gasteiger partial charge >= 0.3 is 12.1 Å². The number of alkyl halides is 3. The number of hydrogen-bond acceptors (Lipinski definition) is 4. The number of rotatable bonds is 5. The summed E-state index contributed by atoms with van der Waals surface area (Å²) in [6.07, 6.45) is -3.04. The molecule has 3 aromatic rings. The summed E-state index contributed by atoms with van der Waals surface area (Å²) in [4.78, 5) is 15.6. The summed E-state index contributed by atoms with van der Waals surface area (Å²) in [7, 11) is 0. The fourth-order valence-corrected chi connectivity index (χ4v) is 2.73. The van der Waals surface area contributed by atoms with Gasteiger partial charge in [-0.3, -0.25) is 0 Å². The summed E-state index contributed by atoms with van der Waals surface area (Å²) >= 11 is 5.85. The third-order valence-corrected chi connectivity index (χ3v) is 4.18. The molecule has 1 heterocycles. The van der Waals surface area contributed by atoms with E-state index in [-0.39, 0.29) is 22.9 Å². The molecule has 0 fully saturated rings. The number of aryl methyl sites for hydroxylation is 1. The van der Waals surface area contributed by atoms with Crippen molar-refractivity contribution in [3.05, 3.63) is 70.2 Å². The molecule has 9 heteroatoms. The minimum absolute atomic E-state index is 0.0148. The van der Waals surface area contributed by atoms with E-state index in [9.17, 15) is 23.1 Å². The first-order valence-electron chi connectivity index (χ1n) is 7.93. The van der Waals surface area contributed by atoms with Crippen LogP contribution in [0.2, 0.25) is 5.02 Å². The lowest BCUT2D eigenvalue weighted by Gasteiger charge is -2.13. The van der Waals surface area contributed by atoms with Crippen molar-refractivity contribution in [3.63, 3.8) is 0 Å². The molecule has 1 aromatic heterocycles. The summed E-state index contributed by atoms with van der Waals surface area (Å²) in [5, 5.41) is 9.25. The molecule has 3 rings (SSSR count). The van der Waals surface area contributed by atoms with E-state index in [2.05, 4.69) is 4.98 Å². The topological polar surface area (TPSA) is 72.6 Å². The number of oxazole rings is 1. The van der Waals surface area contributed by atoms with Gasteiger partial charge < -0.3 is 14.3 Å². The number of hydrogen-bond donors (Lipinski definition) is 1. The second-order valence-electron chi connectivity index (χ2n) is 5.85. The molecule has 0 unspecified atom stereocenters. The van der Waals surface area contributed by atoms with E-state index >= 15 is 0 Å². The van der Waals surface area contributed by atoms with E-state index in [1.54, 1.807) is 13.0 Å². The van der Waals surface area contributed by atoms with E-state index in [0.29, 0.717) is 22.8 Å². The van der Waals surface area contributed by atoms with Gasteiger partial charge in [-0.05, 0) is 24.3 Å². The van der Waals surface area contributed by atoms with Gasteiger partial charge in [-0.2, -0.15) is 13.2 Å². The Labute approximate surface area is 162 Å². The van der Waals surface area contributed by atoms with E-state index < -0.39 is 17.7 Å². The molecule has 0 saturated heterocycles. The Balaban J connectivity index is 1.83. The number of benzene rings is 2. The summed E-state index contributed by atoms with van der Waals surface area (Å²) in [6.45, 7) is 1.47. The maximum absolute atomic E-state index is 12.7. The molecule has 0 aliphatic heterocycles. The van der Waals surface area contributed by atoms with Crippen LogP contribution < -0.4 is 4.74 Å². The standard InChI is InChI=1S/C19H13ClF3NO4/c1-10-24-8-17(28-10)11-2-3-12(14(6-11)18(25)26)9-27-16-5-4-13(7-15(16)20)19(21,22)23/h2-8H,9H2,1H3,(H,25,26). The van der Waals surface area contributed by atoms with Crippen molar-refractivity contribution in [2.45, 2.75) is 19.7 Å². The minimum atomic E-state index is -4.52. The van der Waals surface area contributed by atoms with Crippen molar-refractivity contribution in [2.24, 2.45) is 0 Å². The lowest BCUT2D eigenvalue weighted by atomic mass is 10.0. The van der Waals surface area contributed by atoms with Gasteiger partial charge in [0.2, 0.25) is 0 Å². The summed E-state index contributed by atoms with van der Waals surface area (Å²) in [5.41, 5.74) is -0.0878. The molecule has 0 saturated carbocycles. The molecule has 146 valence electrons. The highest BCUT2D eigenvalue weighted by atomic mass is 35.5. The molecule has 1 N–H and O–H groups in total. The Morgan fingerprint density at radius 2 is 2.00 bits per heavy atom. The molecule has 2 aromatic carbocycles. The first-order chi connectivity index (χ1) is 13.1. The molecule has 0 amide bonds. The lowest BCUT2D eigenvalue weighted by molar-refractivity contribution is -0.137. The first kappa shape index (κ1) is 19.8. The Hall–Kier alpha value is -3.00. The van der Waals surface area contributed by atoms with Gasteiger partial charge in [0.25, 0.3) is 0 Å². The molecule has 5 nitrogen and oxygen atoms in total. The van der Waals surface area contributed by atoms with E-state index in [1.807, 2.05) is 0 Å². The van der Waals surface area contributed by atoms with E-state index in [0.717, 1.165) is 18.2 Å². The van der Waals surface area contributed by atoms with Crippen LogP contribution in [-0.2, 0) is 12.8 Å². The highest BCUT2D eigenvalue weighted by Gasteiger charge is 2.31. The molecular formula is C19H13ClF3NO4. The molecule has 0 bridgehead atoms. The normalized spacial score (nSPS) is 11.5. The van der Waals surface area contributed by atoms with Gasteiger partial charge in [-0.1, -0.05) is 23.7 Å². The number of ether oxygens (including phenoxy) is 1. The number of carboxylic acid groups (broad SMARTS) is 1. The highest BCUT2D eigenvalue weighted by Crippen LogP contribution is 2.35. The second kappa shape index (κ2) is 7.55. The fourth-order valence-electron chi connectivity index (χ4n) is 2.50. The van der Waals surface area contributed by atoms with Crippen LogP contribution in [0.15, 0.2) is 47.0 Å². The van der Waals surface area contributed by atoms with Crippen LogP contribution in [0.4, 0.5) is 13.2 Å². The van der Waals surface area contributed by atoms with Crippen molar-refractivity contribution in [1.82, 2.24) is 4.98 Å². The van der Waals surface area contributed by atoms with Crippen LogP contribution in [0.3, 0.4) is 0 Å². The van der Waals surface area contributed by atoms with Crippen LogP contribution in [-0.4, -0.2) is 16.1 Å². The smallest absolute Gasteiger partial charge is 0.416 e. The Kier molecular flexibility index (Phi) is 5.33. The molecular weight excluding hydrogens is 399 g/mol. The largest absolute Gasteiger partial charge is 0.487 e. The summed E-state index contributed by atoms with van der Waals surface area (Å²) < 4.78 is 48.9. The minimum Gasteiger partial charge on any atom is -0.487 e. The van der Waals surface area contributed by atoms with Crippen LogP contribution in [0.1, 0.15) is 27.4 Å². The van der Waals surface area contributed by atoms with Crippen LogP contribution in [0, 0.1) is 6.92 Å². The van der Waals surface area contributed by atoms with Crippen LogP contribution in [0.25, 0.3) is 11.3 Å². The van der Waals surface area contributed by atoms with Crippen molar-refractivity contribution in [3.8, 4) is 17.1 Å². The predicted molar refractivity (Wildman–Crippen MR) is 94.4 cm³/mol. The third-order valence-electron chi connectivity index (χ3n) is 3.89. The Morgan fingerprint density at radius 1 is 1.25 bits per heavy atom. The van der Waals surface area contributed by atoms with Crippen molar-refractivity contribution >= 4 is 17.6 Å². The fraction of sp³-hybridized carbons (Fsp3) is 0.158. The molecule has 0 spiro atoms. The van der Waals surface area contributed by atoms with Gasteiger partial charge in [-0.15, -0.1) is 0 Å². The zero-order valence-corrected chi connectivity index (χ0v) is 15.1. The maximum Gasteiger partial charge on any atom is 0.416 e. The Morgan fingerprint density at radius 3 is 2.57 bits per heavy atom. The van der Waals surface area contributed by atoms with Crippen molar-refractivity contribution in [2.75, 3.05) is 0 Å². The maximum atomic E-state index is 12.7. The lowest BCUT2D eigenvalue weighted by Crippen LogP contribution is -2.07. The highest BCUT2D eigenvalue weighted by molar-refractivity contribution is 6.32. The Bertz CT molecular complexity index is 1030. The molecule has 0 aliphatic rings. The number of aromatic nitrogens is 1. The number of carbonyl (C=O) groups is 1. The molecule has 28 heavy (non-hydrogen) atoms. The summed E-state index contributed by atoms with van der Waals surface area (Å²) in [6, 6.07) is 7.28. The van der Waals surface area contributed by atoms with Crippen LogP contribution in [0.5, 0.6) is 5.75 Å². The van der Waals surface area contributed by atoms with Gasteiger partial charge in [-0.25, -0.2) is 9.78 Å². The van der Waals surface area contributed by atoms with Gasteiger partial charge in [0.05, 0.1) is 22.3 Å². The van der Waals surface area contributed by atoms with Gasteiger partial charge in [0.1, 0.15) is 12.4 Å². The third kappa shape index (κ3) is 4.28. The summed E-state index contributed by atoms with van der Waals surface area (Å²) in [5.74, 6) is -0.314. The average molecular weight is 412 g/mol. The number of halogens is 4.